The summed E-state index contributed by atoms with van der Waals surface area (Å²) in [6.07, 6.45) is 0.733. The van der Waals surface area contributed by atoms with Crippen LogP contribution in [0.25, 0.3) is 0 Å². The Morgan fingerprint density at radius 1 is 1.29 bits per heavy atom. The summed E-state index contributed by atoms with van der Waals surface area (Å²) in [5.74, 6) is -1.09. The third kappa shape index (κ3) is 2.32. The normalized spacial score (nSPS) is 20.4. The highest BCUT2D eigenvalue weighted by molar-refractivity contribution is 7.89. The highest BCUT2D eigenvalue weighted by atomic mass is 32.2. The minimum atomic E-state index is -3.28. The van der Waals surface area contributed by atoms with Gasteiger partial charge in [-0.1, -0.05) is 0 Å². The third-order valence-corrected chi connectivity index (χ3v) is 7.05. The van der Waals surface area contributed by atoms with Crippen LogP contribution in [-0.4, -0.2) is 55.6 Å². The molecule has 0 saturated carbocycles. The van der Waals surface area contributed by atoms with Crippen molar-refractivity contribution < 1.29 is 23.1 Å². The van der Waals surface area contributed by atoms with Gasteiger partial charge in [-0.2, -0.15) is 0 Å². The van der Waals surface area contributed by atoms with Gasteiger partial charge in [0, 0.05) is 25.8 Å². The van der Waals surface area contributed by atoms with Crippen LogP contribution in [0.3, 0.4) is 0 Å². The Labute approximate surface area is 140 Å². The van der Waals surface area contributed by atoms with Gasteiger partial charge in [0.25, 0.3) is 0 Å². The van der Waals surface area contributed by atoms with Crippen molar-refractivity contribution in [3.63, 3.8) is 0 Å². The number of aromatic carboxylic acids is 1. The molecule has 1 aromatic carbocycles. The first-order valence-corrected chi connectivity index (χ1v) is 9.47. The maximum Gasteiger partial charge on any atom is 0.335 e. The minimum Gasteiger partial charge on any atom is -0.478 e. The van der Waals surface area contributed by atoms with E-state index in [1.807, 2.05) is 0 Å². The predicted molar refractivity (Wildman–Crippen MR) is 88.8 cm³/mol. The van der Waals surface area contributed by atoms with Crippen LogP contribution in [0.4, 0.5) is 5.69 Å². The van der Waals surface area contributed by atoms with Crippen molar-refractivity contribution in [3.05, 3.63) is 29.3 Å². The second-order valence-corrected chi connectivity index (χ2v) is 8.54. The Bertz CT molecular complexity index is 810. The van der Waals surface area contributed by atoms with Crippen LogP contribution in [0.15, 0.2) is 18.2 Å². The van der Waals surface area contributed by atoms with Crippen molar-refractivity contribution in [1.82, 2.24) is 4.31 Å². The quantitative estimate of drug-likeness (QED) is 0.877. The maximum atomic E-state index is 12.9. The molecule has 0 aliphatic carbocycles. The van der Waals surface area contributed by atoms with E-state index in [1.54, 1.807) is 31.0 Å². The fraction of sp³-hybridized carbons (Fsp3) is 0.500. The largest absolute Gasteiger partial charge is 0.478 e. The van der Waals surface area contributed by atoms with E-state index in [4.69, 9.17) is 0 Å². The van der Waals surface area contributed by atoms with Crippen molar-refractivity contribution in [2.45, 2.75) is 25.2 Å². The molecular weight excluding hydrogens is 332 g/mol. The van der Waals surface area contributed by atoms with E-state index in [1.165, 1.54) is 10.4 Å². The van der Waals surface area contributed by atoms with Gasteiger partial charge in [0.2, 0.25) is 15.9 Å². The molecular formula is C16H20N2O5S. The van der Waals surface area contributed by atoms with E-state index in [0.717, 1.165) is 0 Å². The van der Waals surface area contributed by atoms with Crippen molar-refractivity contribution in [3.8, 4) is 0 Å². The molecule has 7 nitrogen and oxygen atoms in total. The Kier molecular flexibility index (Phi) is 3.92. The lowest BCUT2D eigenvalue weighted by atomic mass is 9.74. The van der Waals surface area contributed by atoms with Gasteiger partial charge in [-0.15, -0.1) is 0 Å². The number of carbonyl (C=O) groups excluding carboxylic acids is 1. The summed E-state index contributed by atoms with van der Waals surface area (Å²) in [6.45, 7) is 2.14. The predicted octanol–water partition coefficient (Wildman–Crippen LogP) is 1.04. The van der Waals surface area contributed by atoms with Crippen LogP contribution in [-0.2, 0) is 20.2 Å². The molecule has 0 atom stereocenters. The lowest BCUT2D eigenvalue weighted by molar-refractivity contribution is -0.124. The van der Waals surface area contributed by atoms with Gasteiger partial charge in [-0.3, -0.25) is 4.79 Å². The maximum absolute atomic E-state index is 12.9. The number of benzene rings is 1. The summed E-state index contributed by atoms with van der Waals surface area (Å²) in [6, 6.07) is 4.70. The SMILES string of the molecule is CCS(=O)(=O)N1CCC2(CC1)C(=O)N(C)c1ccc(C(=O)O)cc12. The molecule has 1 N–H and O–H groups in total. The second-order valence-electron chi connectivity index (χ2n) is 6.28. The number of nitrogens with zero attached hydrogens (tertiary/aromatic N) is 2. The van der Waals surface area contributed by atoms with Gasteiger partial charge in [0.05, 0.1) is 16.7 Å². The van der Waals surface area contributed by atoms with Gasteiger partial charge in [0.1, 0.15) is 0 Å². The van der Waals surface area contributed by atoms with E-state index in [-0.39, 0.29) is 30.3 Å². The molecule has 8 heteroatoms. The molecule has 3 rings (SSSR count). The number of fused-ring (bicyclic) bond motifs is 2. The molecule has 0 aromatic heterocycles. The zero-order chi connectivity index (χ0) is 17.7. The lowest BCUT2D eigenvalue weighted by Crippen LogP contribution is -2.49. The average Bonchev–Trinajstić information content (AvgIpc) is 2.77. The third-order valence-electron chi connectivity index (χ3n) is 5.17. The topological polar surface area (TPSA) is 95.0 Å². The van der Waals surface area contributed by atoms with Gasteiger partial charge < -0.3 is 10.0 Å². The number of carbonyl (C=O) groups is 2. The summed E-state index contributed by atoms with van der Waals surface area (Å²) < 4.78 is 25.5. The number of hydrogen-bond acceptors (Lipinski definition) is 4. The van der Waals surface area contributed by atoms with Crippen LogP contribution in [0.1, 0.15) is 35.7 Å². The molecule has 2 aliphatic heterocycles. The number of likely N-dealkylation sites (N-methyl/N-ethyl adjacent to an activating group) is 1. The number of sulfonamides is 1. The second kappa shape index (κ2) is 5.56. The van der Waals surface area contributed by atoms with E-state index in [0.29, 0.717) is 24.1 Å². The van der Waals surface area contributed by atoms with Crippen LogP contribution < -0.4 is 4.90 Å². The van der Waals surface area contributed by atoms with Crippen LogP contribution in [0.2, 0.25) is 0 Å². The van der Waals surface area contributed by atoms with E-state index in [9.17, 15) is 23.1 Å². The Balaban J connectivity index is 2.00. The molecule has 1 amide bonds. The molecule has 0 bridgehead atoms. The van der Waals surface area contributed by atoms with E-state index < -0.39 is 21.4 Å². The zero-order valence-corrected chi connectivity index (χ0v) is 14.5. The summed E-state index contributed by atoms with van der Waals surface area (Å²) in [7, 11) is -1.61. The molecule has 1 aromatic rings. The number of carboxylic acids is 1. The fourth-order valence-electron chi connectivity index (χ4n) is 3.70. The first-order chi connectivity index (χ1) is 11.2. The summed E-state index contributed by atoms with van der Waals surface area (Å²) in [5.41, 5.74) is 0.718. The molecule has 2 heterocycles. The van der Waals surface area contributed by atoms with Gasteiger partial charge >= 0.3 is 5.97 Å². The van der Waals surface area contributed by atoms with Crippen molar-refractivity contribution >= 4 is 27.6 Å². The van der Waals surface area contributed by atoms with Crippen LogP contribution in [0, 0.1) is 0 Å². The molecule has 24 heavy (non-hydrogen) atoms. The van der Waals surface area contributed by atoms with E-state index >= 15 is 0 Å². The highest BCUT2D eigenvalue weighted by Crippen LogP contribution is 2.48. The average molecular weight is 352 g/mol. The van der Waals surface area contributed by atoms with Gasteiger partial charge in [0.15, 0.2) is 0 Å². The van der Waals surface area contributed by atoms with Crippen molar-refractivity contribution in [2.24, 2.45) is 0 Å². The van der Waals surface area contributed by atoms with Gasteiger partial charge in [-0.05, 0) is 43.5 Å². The Morgan fingerprint density at radius 3 is 2.46 bits per heavy atom. The lowest BCUT2D eigenvalue weighted by Gasteiger charge is -2.37. The number of anilines is 1. The smallest absolute Gasteiger partial charge is 0.335 e. The fourth-order valence-corrected chi connectivity index (χ4v) is 4.81. The van der Waals surface area contributed by atoms with Crippen LogP contribution >= 0.6 is 0 Å². The molecule has 2 aliphatic rings. The van der Waals surface area contributed by atoms with E-state index in [2.05, 4.69) is 0 Å². The molecule has 130 valence electrons. The number of carboxylic acid groups (broad SMARTS) is 1. The molecule has 1 saturated heterocycles. The summed E-state index contributed by atoms with van der Waals surface area (Å²) in [5, 5.41) is 9.23. The van der Waals surface area contributed by atoms with Crippen molar-refractivity contribution in [1.29, 1.82) is 0 Å². The van der Waals surface area contributed by atoms with Crippen LogP contribution in [0.5, 0.6) is 0 Å². The van der Waals surface area contributed by atoms with Gasteiger partial charge in [-0.25, -0.2) is 17.5 Å². The standard InChI is InChI=1S/C16H20N2O5S/c1-3-24(22,23)18-8-6-16(7-9-18)12-10-11(14(19)20)4-5-13(12)17(2)15(16)21/h4-5,10H,3,6-9H2,1-2H3,(H,19,20). The number of hydrogen-bond donors (Lipinski definition) is 1. The Hall–Kier alpha value is -1.93. The molecule has 0 radical (unpaired) electrons. The minimum absolute atomic E-state index is 0.0353. The first kappa shape index (κ1) is 16.9. The summed E-state index contributed by atoms with van der Waals surface area (Å²) in [4.78, 5) is 25.7. The number of rotatable bonds is 3. The highest BCUT2D eigenvalue weighted by Gasteiger charge is 2.52. The monoisotopic (exact) mass is 352 g/mol. The number of amides is 1. The first-order valence-electron chi connectivity index (χ1n) is 7.87. The zero-order valence-electron chi connectivity index (χ0n) is 13.7. The number of piperidine rings is 1. The molecule has 1 spiro atoms. The Morgan fingerprint density at radius 2 is 1.92 bits per heavy atom. The summed E-state index contributed by atoms with van der Waals surface area (Å²) >= 11 is 0. The molecule has 1 fully saturated rings. The molecule has 0 unspecified atom stereocenters. The van der Waals surface area contributed by atoms with Crippen molar-refractivity contribution in [2.75, 3.05) is 30.8 Å².